The maximum absolute atomic E-state index is 12.4. The Morgan fingerprint density at radius 1 is 1.23 bits per heavy atom. The first-order valence-corrected chi connectivity index (χ1v) is 9.35. The van der Waals surface area contributed by atoms with Crippen molar-refractivity contribution in [1.29, 1.82) is 0 Å². The monoisotopic (exact) mass is 359 g/mol. The van der Waals surface area contributed by atoms with Crippen molar-refractivity contribution in [2.45, 2.75) is 39.2 Å². The quantitative estimate of drug-likeness (QED) is 0.805. The van der Waals surface area contributed by atoms with Crippen LogP contribution in [0, 0.1) is 12.3 Å². The Morgan fingerprint density at radius 2 is 2.04 bits per heavy atom. The van der Waals surface area contributed by atoms with Crippen LogP contribution in [-0.2, 0) is 16.1 Å². The van der Waals surface area contributed by atoms with Crippen molar-refractivity contribution >= 4 is 11.8 Å². The normalized spacial score (nSPS) is 24.1. The molecule has 3 rings (SSSR count). The number of likely N-dealkylation sites (tertiary alicyclic amines) is 2. The predicted molar refractivity (Wildman–Crippen MR) is 98.2 cm³/mol. The molecular formula is C19H29N5O2. The maximum Gasteiger partial charge on any atom is 0.236 e. The molecular weight excluding hydrogens is 330 g/mol. The highest BCUT2D eigenvalue weighted by Crippen LogP contribution is 2.39. The van der Waals surface area contributed by atoms with Crippen molar-refractivity contribution in [2.24, 2.45) is 5.41 Å². The third-order valence-electron chi connectivity index (χ3n) is 5.53. The first-order valence-electron chi connectivity index (χ1n) is 9.35. The van der Waals surface area contributed by atoms with E-state index in [2.05, 4.69) is 14.9 Å². The predicted octanol–water partition coefficient (Wildman–Crippen LogP) is 1.08. The summed E-state index contributed by atoms with van der Waals surface area (Å²) < 4.78 is 0. The van der Waals surface area contributed by atoms with E-state index in [1.165, 1.54) is 0 Å². The maximum atomic E-state index is 12.4. The van der Waals surface area contributed by atoms with Crippen molar-refractivity contribution in [1.82, 2.24) is 24.7 Å². The standard InChI is InChI=1S/C19H29N5O2/c1-15-9-21-16(10-20-15)11-24-14-19(7-5-17(24)25)6-4-8-23(13-19)12-18(26)22(2)3/h9-10H,4-8,11-14H2,1-3H3/t19-/m1/s1. The van der Waals surface area contributed by atoms with Crippen LogP contribution in [0.25, 0.3) is 0 Å². The van der Waals surface area contributed by atoms with Crippen LogP contribution in [-0.4, -0.2) is 76.8 Å². The lowest BCUT2D eigenvalue weighted by atomic mass is 9.73. The van der Waals surface area contributed by atoms with Gasteiger partial charge in [-0.3, -0.25) is 24.5 Å². The zero-order valence-corrected chi connectivity index (χ0v) is 16.1. The number of hydrogen-bond donors (Lipinski definition) is 0. The van der Waals surface area contributed by atoms with E-state index in [0.29, 0.717) is 19.5 Å². The molecule has 2 saturated heterocycles. The number of carbonyl (C=O) groups is 2. The van der Waals surface area contributed by atoms with Gasteiger partial charge >= 0.3 is 0 Å². The summed E-state index contributed by atoms with van der Waals surface area (Å²) in [6.45, 7) is 5.47. The number of nitrogens with zero attached hydrogens (tertiary/aromatic N) is 5. The molecule has 0 bridgehead atoms. The van der Waals surface area contributed by atoms with E-state index in [0.717, 1.165) is 50.3 Å². The van der Waals surface area contributed by atoms with Crippen LogP contribution in [0.2, 0.25) is 0 Å². The molecule has 0 N–H and O–H groups in total. The van der Waals surface area contributed by atoms with Crippen molar-refractivity contribution in [2.75, 3.05) is 40.3 Å². The molecule has 0 radical (unpaired) electrons. The highest BCUT2D eigenvalue weighted by atomic mass is 16.2. The molecule has 1 aromatic heterocycles. The third-order valence-corrected chi connectivity index (χ3v) is 5.53. The Labute approximate surface area is 155 Å². The molecule has 0 aromatic carbocycles. The number of likely N-dealkylation sites (N-methyl/N-ethyl adjacent to an activating group) is 1. The second-order valence-corrected chi connectivity index (χ2v) is 8.00. The SMILES string of the molecule is Cc1cnc(CN2C[C@]3(CCCN(CC(=O)N(C)C)C3)CCC2=O)cn1. The topological polar surface area (TPSA) is 69.6 Å². The van der Waals surface area contributed by atoms with E-state index in [1.807, 2.05) is 11.8 Å². The first-order chi connectivity index (χ1) is 12.4. The summed E-state index contributed by atoms with van der Waals surface area (Å²) in [7, 11) is 3.59. The van der Waals surface area contributed by atoms with Gasteiger partial charge in [0.15, 0.2) is 0 Å². The molecule has 1 aromatic rings. The molecule has 2 aliphatic rings. The van der Waals surface area contributed by atoms with Gasteiger partial charge in [-0.1, -0.05) is 0 Å². The van der Waals surface area contributed by atoms with Crippen LogP contribution in [0.1, 0.15) is 37.1 Å². The average Bonchev–Trinajstić information content (AvgIpc) is 2.60. The summed E-state index contributed by atoms with van der Waals surface area (Å²) in [4.78, 5) is 39.0. The summed E-state index contributed by atoms with van der Waals surface area (Å²) in [6.07, 6.45) is 7.18. The van der Waals surface area contributed by atoms with Gasteiger partial charge in [-0.2, -0.15) is 0 Å². The molecule has 0 saturated carbocycles. The summed E-state index contributed by atoms with van der Waals surface area (Å²) >= 11 is 0. The van der Waals surface area contributed by atoms with E-state index in [9.17, 15) is 9.59 Å². The van der Waals surface area contributed by atoms with Gasteiger partial charge < -0.3 is 9.80 Å². The smallest absolute Gasteiger partial charge is 0.236 e. The number of piperidine rings is 2. The van der Waals surface area contributed by atoms with Gasteiger partial charge in [0.2, 0.25) is 11.8 Å². The molecule has 0 unspecified atom stereocenters. The van der Waals surface area contributed by atoms with Gasteiger partial charge in [0.05, 0.1) is 30.7 Å². The molecule has 2 fully saturated rings. The summed E-state index contributed by atoms with van der Waals surface area (Å²) in [5.41, 5.74) is 1.80. The summed E-state index contributed by atoms with van der Waals surface area (Å²) in [5, 5.41) is 0. The van der Waals surface area contributed by atoms with Crippen molar-refractivity contribution < 1.29 is 9.59 Å². The molecule has 2 amide bonds. The Balaban J connectivity index is 1.66. The van der Waals surface area contributed by atoms with Crippen molar-refractivity contribution in [3.8, 4) is 0 Å². The Morgan fingerprint density at radius 3 is 2.73 bits per heavy atom. The van der Waals surface area contributed by atoms with Crippen LogP contribution < -0.4 is 0 Å². The lowest BCUT2D eigenvalue weighted by Crippen LogP contribution is -2.55. The first kappa shape index (κ1) is 18.8. The third kappa shape index (κ3) is 4.38. The number of rotatable bonds is 4. The highest BCUT2D eigenvalue weighted by Gasteiger charge is 2.42. The van der Waals surface area contributed by atoms with Gasteiger partial charge in [-0.15, -0.1) is 0 Å². The van der Waals surface area contributed by atoms with Gasteiger partial charge in [0.25, 0.3) is 0 Å². The van der Waals surface area contributed by atoms with Gasteiger partial charge in [-0.25, -0.2) is 0 Å². The summed E-state index contributed by atoms with van der Waals surface area (Å²) in [6, 6.07) is 0. The van der Waals surface area contributed by atoms with Crippen LogP contribution in [0.4, 0.5) is 0 Å². The largest absolute Gasteiger partial charge is 0.348 e. The van der Waals surface area contributed by atoms with Gasteiger partial charge in [0, 0.05) is 45.2 Å². The molecule has 3 heterocycles. The number of aryl methyl sites for hydroxylation is 1. The van der Waals surface area contributed by atoms with Crippen LogP contribution in [0.5, 0.6) is 0 Å². The molecule has 2 aliphatic heterocycles. The number of hydrogen-bond acceptors (Lipinski definition) is 5. The highest BCUT2D eigenvalue weighted by molar-refractivity contribution is 5.78. The number of amides is 2. The minimum atomic E-state index is 0.0941. The van der Waals surface area contributed by atoms with Crippen LogP contribution in [0.3, 0.4) is 0 Å². The Kier molecular flexibility index (Phi) is 5.55. The Bertz CT molecular complexity index is 660. The summed E-state index contributed by atoms with van der Waals surface area (Å²) in [5.74, 6) is 0.334. The zero-order chi connectivity index (χ0) is 18.7. The van der Waals surface area contributed by atoms with Crippen molar-refractivity contribution in [3.05, 3.63) is 23.8 Å². The molecule has 26 heavy (non-hydrogen) atoms. The molecule has 1 atom stereocenters. The molecule has 142 valence electrons. The Hall–Kier alpha value is -2.02. The average molecular weight is 359 g/mol. The van der Waals surface area contributed by atoms with E-state index >= 15 is 0 Å². The fourth-order valence-electron chi connectivity index (χ4n) is 4.05. The van der Waals surface area contributed by atoms with Crippen LogP contribution in [0.15, 0.2) is 12.4 Å². The molecule has 1 spiro atoms. The number of aromatic nitrogens is 2. The number of carbonyl (C=O) groups excluding carboxylic acids is 2. The molecule has 7 heteroatoms. The van der Waals surface area contributed by atoms with Crippen molar-refractivity contribution in [3.63, 3.8) is 0 Å². The minimum absolute atomic E-state index is 0.0941. The fraction of sp³-hybridized carbons (Fsp3) is 0.684. The second-order valence-electron chi connectivity index (χ2n) is 8.00. The van der Waals surface area contributed by atoms with E-state index < -0.39 is 0 Å². The lowest BCUT2D eigenvalue weighted by molar-refractivity contribution is -0.141. The van der Waals surface area contributed by atoms with Crippen LogP contribution >= 0.6 is 0 Å². The van der Waals surface area contributed by atoms with Gasteiger partial charge in [0.1, 0.15) is 0 Å². The zero-order valence-electron chi connectivity index (χ0n) is 16.1. The molecule has 0 aliphatic carbocycles. The lowest BCUT2D eigenvalue weighted by Gasteiger charge is -2.48. The van der Waals surface area contributed by atoms with E-state index in [-0.39, 0.29) is 17.2 Å². The molecule has 7 nitrogen and oxygen atoms in total. The fourth-order valence-corrected chi connectivity index (χ4v) is 4.05. The van der Waals surface area contributed by atoms with Gasteiger partial charge in [-0.05, 0) is 32.7 Å². The van der Waals surface area contributed by atoms with E-state index in [4.69, 9.17) is 0 Å². The minimum Gasteiger partial charge on any atom is -0.348 e. The van der Waals surface area contributed by atoms with E-state index in [1.54, 1.807) is 31.4 Å². The second kappa shape index (κ2) is 7.70.